The number of rotatable bonds is 9. The largest absolute Gasteiger partial charge is 0.497 e. The predicted octanol–water partition coefficient (Wildman–Crippen LogP) is 2.93. The van der Waals surface area contributed by atoms with Crippen molar-refractivity contribution in [1.82, 2.24) is 10.1 Å². The smallest absolute Gasteiger partial charge is 0.306 e. The van der Waals surface area contributed by atoms with Gasteiger partial charge in [0, 0.05) is 23.4 Å². The van der Waals surface area contributed by atoms with Crippen molar-refractivity contribution in [2.45, 2.75) is 12.8 Å². The fourth-order valence-corrected chi connectivity index (χ4v) is 3.02. The maximum Gasteiger partial charge on any atom is 0.306 e. The van der Waals surface area contributed by atoms with Gasteiger partial charge in [-0.15, -0.1) is 0 Å². The summed E-state index contributed by atoms with van der Waals surface area (Å²) in [5, 5.41) is 10.3. The van der Waals surface area contributed by atoms with Gasteiger partial charge in [-0.3, -0.25) is 9.59 Å². The number of methoxy groups -OCH3 is 2. The minimum absolute atomic E-state index is 0.0149. The number of aryl methyl sites for hydroxylation is 1. The average Bonchev–Trinajstić information content (AvgIpc) is 3.42. The molecular formula is C19H19N3O6S. The van der Waals surface area contributed by atoms with E-state index in [2.05, 4.69) is 15.5 Å². The summed E-state index contributed by atoms with van der Waals surface area (Å²) in [6.45, 7) is -0.427. The van der Waals surface area contributed by atoms with Crippen LogP contribution in [0.4, 0.5) is 5.69 Å². The van der Waals surface area contributed by atoms with Gasteiger partial charge in [-0.1, -0.05) is 5.16 Å². The second-order valence-corrected chi connectivity index (χ2v) is 6.58. The zero-order valence-corrected chi connectivity index (χ0v) is 16.7. The SMILES string of the molecule is COc1ccc(OC)c(NC(=O)COC(=O)CCc2nc(-c3ccsc3)no2)c1. The van der Waals surface area contributed by atoms with Crippen molar-refractivity contribution in [3.8, 4) is 22.9 Å². The fraction of sp³-hybridized carbons (Fsp3) is 0.263. The summed E-state index contributed by atoms with van der Waals surface area (Å²) in [6.07, 6.45) is 0.238. The summed E-state index contributed by atoms with van der Waals surface area (Å²) in [5.74, 6) is 0.771. The molecule has 3 aromatic rings. The first-order chi connectivity index (χ1) is 14.1. The molecule has 0 spiro atoms. The van der Waals surface area contributed by atoms with E-state index in [1.165, 1.54) is 25.6 Å². The van der Waals surface area contributed by atoms with Crippen LogP contribution in [-0.4, -0.2) is 42.8 Å². The van der Waals surface area contributed by atoms with E-state index in [1.807, 2.05) is 16.8 Å². The van der Waals surface area contributed by atoms with Crippen LogP contribution in [0.25, 0.3) is 11.4 Å². The minimum Gasteiger partial charge on any atom is -0.497 e. The third-order valence-corrected chi connectivity index (χ3v) is 4.52. The highest BCUT2D eigenvalue weighted by molar-refractivity contribution is 7.08. The topological polar surface area (TPSA) is 113 Å². The van der Waals surface area contributed by atoms with Crippen molar-refractivity contribution < 1.29 is 28.3 Å². The van der Waals surface area contributed by atoms with Gasteiger partial charge in [-0.25, -0.2) is 0 Å². The maximum atomic E-state index is 12.1. The molecule has 10 heteroatoms. The molecule has 29 heavy (non-hydrogen) atoms. The molecule has 2 aromatic heterocycles. The van der Waals surface area contributed by atoms with Gasteiger partial charge in [0.2, 0.25) is 11.7 Å². The van der Waals surface area contributed by atoms with Crippen LogP contribution in [0, 0.1) is 0 Å². The van der Waals surface area contributed by atoms with Gasteiger partial charge in [0.15, 0.2) is 6.61 Å². The Kier molecular flexibility index (Phi) is 6.80. The van der Waals surface area contributed by atoms with Gasteiger partial charge in [0.05, 0.1) is 26.3 Å². The van der Waals surface area contributed by atoms with Gasteiger partial charge in [-0.05, 0) is 23.6 Å². The van der Waals surface area contributed by atoms with Crippen molar-refractivity contribution >= 4 is 28.9 Å². The Morgan fingerprint density at radius 2 is 2.07 bits per heavy atom. The monoisotopic (exact) mass is 417 g/mol. The lowest BCUT2D eigenvalue weighted by Crippen LogP contribution is -2.21. The molecule has 0 radical (unpaired) electrons. The summed E-state index contributed by atoms with van der Waals surface area (Å²) < 4.78 is 20.4. The van der Waals surface area contributed by atoms with E-state index >= 15 is 0 Å². The van der Waals surface area contributed by atoms with Crippen LogP contribution < -0.4 is 14.8 Å². The number of thiophene rings is 1. The molecule has 1 aromatic carbocycles. The number of anilines is 1. The second-order valence-electron chi connectivity index (χ2n) is 5.80. The zero-order valence-electron chi connectivity index (χ0n) is 15.8. The molecule has 0 unspecified atom stereocenters. The van der Waals surface area contributed by atoms with Gasteiger partial charge in [-0.2, -0.15) is 16.3 Å². The van der Waals surface area contributed by atoms with E-state index in [0.717, 1.165) is 5.56 Å². The van der Waals surface area contributed by atoms with Crippen LogP contribution in [0.1, 0.15) is 12.3 Å². The number of benzene rings is 1. The number of nitrogens with one attached hydrogen (secondary N) is 1. The van der Waals surface area contributed by atoms with Gasteiger partial charge >= 0.3 is 5.97 Å². The van der Waals surface area contributed by atoms with E-state index in [4.69, 9.17) is 18.7 Å². The molecule has 1 N–H and O–H groups in total. The highest BCUT2D eigenvalue weighted by Gasteiger charge is 2.14. The lowest BCUT2D eigenvalue weighted by Gasteiger charge is -2.11. The number of carbonyl (C=O) groups is 2. The number of hydrogen-bond acceptors (Lipinski definition) is 9. The summed E-state index contributed by atoms with van der Waals surface area (Å²) in [6, 6.07) is 6.85. The molecule has 2 heterocycles. The van der Waals surface area contributed by atoms with Crippen LogP contribution in [0.15, 0.2) is 39.5 Å². The Hall–Kier alpha value is -3.40. The summed E-state index contributed by atoms with van der Waals surface area (Å²) in [7, 11) is 3.00. The van der Waals surface area contributed by atoms with Crippen LogP contribution >= 0.6 is 11.3 Å². The van der Waals surface area contributed by atoms with Crippen molar-refractivity contribution in [3.05, 3.63) is 40.9 Å². The normalized spacial score (nSPS) is 10.4. The first kappa shape index (κ1) is 20.3. The Labute approximate surface area is 170 Å². The Balaban J connectivity index is 1.45. The van der Waals surface area contributed by atoms with E-state index in [0.29, 0.717) is 28.9 Å². The van der Waals surface area contributed by atoms with E-state index in [1.54, 1.807) is 18.2 Å². The molecule has 1 amide bonds. The second kappa shape index (κ2) is 9.69. The first-order valence-electron chi connectivity index (χ1n) is 8.61. The molecule has 0 aliphatic rings. The molecule has 0 atom stereocenters. The number of hydrogen-bond donors (Lipinski definition) is 1. The van der Waals surface area contributed by atoms with Crippen molar-refractivity contribution in [3.63, 3.8) is 0 Å². The number of ether oxygens (including phenoxy) is 3. The number of nitrogens with zero attached hydrogens (tertiary/aromatic N) is 2. The number of carbonyl (C=O) groups excluding carboxylic acids is 2. The fourth-order valence-electron chi connectivity index (χ4n) is 2.39. The molecule has 0 saturated carbocycles. The van der Waals surface area contributed by atoms with Gasteiger partial charge < -0.3 is 24.1 Å². The predicted molar refractivity (Wildman–Crippen MR) is 105 cm³/mol. The number of esters is 1. The molecule has 0 aliphatic heterocycles. The standard InChI is InChI=1S/C19H19N3O6S/c1-25-13-3-4-15(26-2)14(9-13)20-16(23)10-27-18(24)6-5-17-21-19(22-28-17)12-7-8-29-11-12/h3-4,7-9,11H,5-6,10H2,1-2H3,(H,20,23). The third-order valence-electron chi connectivity index (χ3n) is 3.84. The Morgan fingerprint density at radius 3 is 2.79 bits per heavy atom. The molecular weight excluding hydrogens is 398 g/mol. The Morgan fingerprint density at radius 1 is 1.21 bits per heavy atom. The summed E-state index contributed by atoms with van der Waals surface area (Å²) in [5.41, 5.74) is 1.27. The summed E-state index contributed by atoms with van der Waals surface area (Å²) >= 11 is 1.53. The highest BCUT2D eigenvalue weighted by atomic mass is 32.1. The molecule has 0 saturated heterocycles. The lowest BCUT2D eigenvalue weighted by molar-refractivity contribution is -0.147. The molecule has 9 nitrogen and oxygen atoms in total. The zero-order chi connectivity index (χ0) is 20.6. The maximum absolute atomic E-state index is 12.1. The van der Waals surface area contributed by atoms with Crippen LogP contribution in [0.3, 0.4) is 0 Å². The van der Waals surface area contributed by atoms with Crippen LogP contribution in [-0.2, 0) is 20.7 Å². The lowest BCUT2D eigenvalue weighted by atomic mass is 10.2. The molecule has 3 rings (SSSR count). The van der Waals surface area contributed by atoms with Crippen LogP contribution in [0.2, 0.25) is 0 Å². The van der Waals surface area contributed by atoms with Crippen LogP contribution in [0.5, 0.6) is 11.5 Å². The van der Waals surface area contributed by atoms with Crippen molar-refractivity contribution in [1.29, 1.82) is 0 Å². The minimum atomic E-state index is -0.548. The summed E-state index contributed by atoms with van der Waals surface area (Å²) in [4.78, 5) is 28.2. The van der Waals surface area contributed by atoms with Gasteiger partial charge in [0.25, 0.3) is 5.91 Å². The average molecular weight is 417 g/mol. The molecule has 0 bridgehead atoms. The highest BCUT2D eigenvalue weighted by Crippen LogP contribution is 2.28. The first-order valence-corrected chi connectivity index (χ1v) is 9.56. The van der Waals surface area contributed by atoms with Crippen molar-refractivity contribution in [2.75, 3.05) is 26.1 Å². The van der Waals surface area contributed by atoms with Gasteiger partial charge in [0.1, 0.15) is 11.5 Å². The Bertz CT molecular complexity index is 970. The van der Waals surface area contributed by atoms with E-state index in [-0.39, 0.29) is 12.8 Å². The van der Waals surface area contributed by atoms with E-state index < -0.39 is 18.5 Å². The quantitative estimate of drug-likeness (QED) is 0.529. The number of amides is 1. The van der Waals surface area contributed by atoms with Crippen molar-refractivity contribution in [2.24, 2.45) is 0 Å². The molecule has 0 fully saturated rings. The third kappa shape index (κ3) is 5.55. The molecule has 0 aliphatic carbocycles. The van der Waals surface area contributed by atoms with E-state index in [9.17, 15) is 9.59 Å². The molecule has 152 valence electrons. The number of aromatic nitrogens is 2.